The van der Waals surface area contributed by atoms with Crippen LogP contribution in [0.25, 0.3) is 0 Å². The van der Waals surface area contributed by atoms with Gasteiger partial charge in [-0.15, -0.1) is 0 Å². The van der Waals surface area contributed by atoms with E-state index in [9.17, 15) is 0 Å². The Kier molecular flexibility index (Phi) is 2.77. The van der Waals surface area contributed by atoms with E-state index in [2.05, 4.69) is 22.3 Å². The van der Waals surface area contributed by atoms with Gasteiger partial charge in [-0.25, -0.2) is 0 Å². The first-order valence-corrected chi connectivity index (χ1v) is 5.28. The molecule has 0 saturated carbocycles. The number of nitrogens with one attached hydrogen (secondary N) is 1. The third-order valence-electron chi connectivity index (χ3n) is 2.74. The monoisotopic (exact) mass is 222 g/mol. The average molecular weight is 222 g/mol. The van der Waals surface area contributed by atoms with Gasteiger partial charge in [-0.05, 0) is 29.9 Å². The molecule has 1 saturated heterocycles. The molecule has 1 heterocycles. The van der Waals surface area contributed by atoms with Gasteiger partial charge in [0.05, 0.1) is 13.2 Å². The maximum atomic E-state index is 5.16. The van der Waals surface area contributed by atoms with Crippen LogP contribution in [0, 0.1) is 0 Å². The number of methoxy groups -OCH3 is 1. The molecule has 3 nitrogen and oxygen atoms in total. The summed E-state index contributed by atoms with van der Waals surface area (Å²) in [6.07, 6.45) is 0. The largest absolute Gasteiger partial charge is 0.497 e. The van der Waals surface area contributed by atoms with E-state index in [1.807, 2.05) is 19.2 Å². The standard InChI is InChI=1S/C11H14N2OS/c1-13-10(7-12-11(13)15)8-3-5-9(14-2)6-4-8/h3-6,10H,7H2,1-2H3,(H,12,15). The fourth-order valence-electron chi connectivity index (χ4n) is 1.75. The van der Waals surface area contributed by atoms with Crippen LogP contribution in [-0.4, -0.2) is 30.7 Å². The third kappa shape index (κ3) is 1.90. The van der Waals surface area contributed by atoms with E-state index in [1.54, 1.807) is 7.11 Å². The molecule has 80 valence electrons. The van der Waals surface area contributed by atoms with Crippen molar-refractivity contribution < 1.29 is 4.74 Å². The van der Waals surface area contributed by atoms with Crippen molar-refractivity contribution in [3.05, 3.63) is 29.8 Å². The molecule has 1 aromatic rings. The van der Waals surface area contributed by atoms with E-state index < -0.39 is 0 Å². The van der Waals surface area contributed by atoms with Crippen molar-refractivity contribution in [2.24, 2.45) is 0 Å². The molecule has 0 radical (unpaired) electrons. The topological polar surface area (TPSA) is 24.5 Å². The number of hydrogen-bond acceptors (Lipinski definition) is 2. The minimum atomic E-state index is 0.336. The summed E-state index contributed by atoms with van der Waals surface area (Å²) in [6, 6.07) is 8.45. The third-order valence-corrected chi connectivity index (χ3v) is 3.17. The lowest BCUT2D eigenvalue weighted by molar-refractivity contribution is 0.411. The summed E-state index contributed by atoms with van der Waals surface area (Å²) in [4.78, 5) is 2.08. The molecule has 2 rings (SSSR count). The zero-order valence-electron chi connectivity index (χ0n) is 8.86. The highest BCUT2D eigenvalue weighted by atomic mass is 32.1. The second kappa shape index (κ2) is 4.06. The summed E-state index contributed by atoms with van der Waals surface area (Å²) in [5, 5.41) is 3.99. The zero-order chi connectivity index (χ0) is 10.8. The number of benzene rings is 1. The Morgan fingerprint density at radius 1 is 1.40 bits per heavy atom. The van der Waals surface area contributed by atoms with Gasteiger partial charge in [0.15, 0.2) is 5.11 Å². The number of likely N-dealkylation sites (N-methyl/N-ethyl adjacent to an activating group) is 1. The van der Waals surface area contributed by atoms with E-state index in [4.69, 9.17) is 17.0 Å². The number of ether oxygens (including phenoxy) is 1. The molecular weight excluding hydrogens is 208 g/mol. The van der Waals surface area contributed by atoms with E-state index in [1.165, 1.54) is 5.56 Å². The summed E-state index contributed by atoms with van der Waals surface area (Å²) in [7, 11) is 3.69. The van der Waals surface area contributed by atoms with Crippen LogP contribution in [0.5, 0.6) is 5.75 Å². The summed E-state index contributed by atoms with van der Waals surface area (Å²) in [5.74, 6) is 0.884. The number of thiocarbonyl (C=S) groups is 1. The fraction of sp³-hybridized carbons (Fsp3) is 0.364. The molecule has 0 aliphatic carbocycles. The first-order chi connectivity index (χ1) is 7.22. The summed E-state index contributed by atoms with van der Waals surface area (Å²) >= 11 is 5.16. The Morgan fingerprint density at radius 3 is 2.53 bits per heavy atom. The van der Waals surface area contributed by atoms with Crippen LogP contribution in [0.3, 0.4) is 0 Å². The zero-order valence-corrected chi connectivity index (χ0v) is 9.67. The Hall–Kier alpha value is -1.29. The van der Waals surface area contributed by atoms with Crippen molar-refractivity contribution >= 4 is 17.3 Å². The predicted molar refractivity (Wildman–Crippen MR) is 64.1 cm³/mol. The van der Waals surface area contributed by atoms with Crippen LogP contribution in [0.15, 0.2) is 24.3 Å². The van der Waals surface area contributed by atoms with Crippen LogP contribution >= 0.6 is 12.2 Å². The van der Waals surface area contributed by atoms with Gasteiger partial charge in [0, 0.05) is 13.6 Å². The quantitative estimate of drug-likeness (QED) is 0.767. The van der Waals surface area contributed by atoms with Crippen LogP contribution in [0.2, 0.25) is 0 Å². The van der Waals surface area contributed by atoms with Gasteiger partial charge in [0.2, 0.25) is 0 Å². The molecule has 15 heavy (non-hydrogen) atoms. The van der Waals surface area contributed by atoms with E-state index in [0.717, 1.165) is 17.4 Å². The van der Waals surface area contributed by atoms with Gasteiger partial charge in [0.25, 0.3) is 0 Å². The Labute approximate surface area is 95.0 Å². The van der Waals surface area contributed by atoms with Crippen LogP contribution < -0.4 is 10.1 Å². The molecule has 0 amide bonds. The molecular formula is C11H14N2OS. The number of rotatable bonds is 2. The molecule has 1 atom stereocenters. The highest BCUT2D eigenvalue weighted by Gasteiger charge is 2.25. The molecule has 0 spiro atoms. The second-order valence-electron chi connectivity index (χ2n) is 3.59. The minimum Gasteiger partial charge on any atom is -0.497 e. The van der Waals surface area contributed by atoms with Gasteiger partial charge in [-0.2, -0.15) is 0 Å². The Morgan fingerprint density at radius 2 is 2.07 bits per heavy atom. The lowest BCUT2D eigenvalue weighted by Crippen LogP contribution is -2.24. The van der Waals surface area contributed by atoms with Crippen molar-refractivity contribution in [2.45, 2.75) is 6.04 Å². The smallest absolute Gasteiger partial charge is 0.169 e. The van der Waals surface area contributed by atoms with E-state index in [-0.39, 0.29) is 0 Å². The number of nitrogens with zero attached hydrogens (tertiary/aromatic N) is 1. The van der Waals surface area contributed by atoms with Gasteiger partial charge in [-0.3, -0.25) is 0 Å². The van der Waals surface area contributed by atoms with Crippen LogP contribution in [0.1, 0.15) is 11.6 Å². The van der Waals surface area contributed by atoms with Crippen molar-refractivity contribution in [3.63, 3.8) is 0 Å². The molecule has 4 heteroatoms. The highest BCUT2D eigenvalue weighted by molar-refractivity contribution is 7.80. The molecule has 1 aromatic carbocycles. The van der Waals surface area contributed by atoms with Crippen molar-refractivity contribution in [2.75, 3.05) is 20.7 Å². The van der Waals surface area contributed by atoms with Gasteiger partial charge < -0.3 is 15.0 Å². The lowest BCUT2D eigenvalue weighted by Gasteiger charge is -2.19. The predicted octanol–water partition coefficient (Wildman–Crippen LogP) is 1.56. The molecule has 1 aliphatic heterocycles. The summed E-state index contributed by atoms with van der Waals surface area (Å²) in [5.41, 5.74) is 1.26. The van der Waals surface area contributed by atoms with Crippen molar-refractivity contribution in [1.82, 2.24) is 10.2 Å². The average Bonchev–Trinajstić information content (AvgIpc) is 2.60. The van der Waals surface area contributed by atoms with E-state index >= 15 is 0 Å². The lowest BCUT2D eigenvalue weighted by atomic mass is 10.1. The first kappa shape index (κ1) is 10.2. The Balaban J connectivity index is 2.19. The van der Waals surface area contributed by atoms with Gasteiger partial charge in [0.1, 0.15) is 5.75 Å². The van der Waals surface area contributed by atoms with Crippen LogP contribution in [0.4, 0.5) is 0 Å². The normalized spacial score (nSPS) is 20.3. The minimum absolute atomic E-state index is 0.336. The SMILES string of the molecule is COc1ccc(C2CNC(=S)N2C)cc1. The molecule has 1 fully saturated rings. The Bertz CT molecular complexity index is 363. The summed E-state index contributed by atoms with van der Waals surface area (Å²) < 4.78 is 5.12. The first-order valence-electron chi connectivity index (χ1n) is 4.87. The van der Waals surface area contributed by atoms with Gasteiger partial charge in [-0.1, -0.05) is 12.1 Å². The summed E-state index contributed by atoms with van der Waals surface area (Å²) in [6.45, 7) is 0.877. The second-order valence-corrected chi connectivity index (χ2v) is 3.97. The maximum Gasteiger partial charge on any atom is 0.169 e. The maximum absolute atomic E-state index is 5.16. The molecule has 1 unspecified atom stereocenters. The molecule has 0 bridgehead atoms. The molecule has 0 aromatic heterocycles. The van der Waals surface area contributed by atoms with Crippen molar-refractivity contribution in [3.8, 4) is 5.75 Å². The molecule has 1 N–H and O–H groups in total. The molecule has 1 aliphatic rings. The van der Waals surface area contributed by atoms with Crippen molar-refractivity contribution in [1.29, 1.82) is 0 Å². The van der Waals surface area contributed by atoms with Crippen LogP contribution in [-0.2, 0) is 0 Å². The highest BCUT2D eigenvalue weighted by Crippen LogP contribution is 2.24. The van der Waals surface area contributed by atoms with Gasteiger partial charge >= 0.3 is 0 Å². The number of hydrogen-bond donors (Lipinski definition) is 1. The fourth-order valence-corrected chi connectivity index (χ4v) is 1.97. The van der Waals surface area contributed by atoms with E-state index in [0.29, 0.717) is 6.04 Å².